The maximum absolute atomic E-state index is 5.77. The Morgan fingerprint density at radius 1 is 1.39 bits per heavy atom. The number of nitrogens with zero attached hydrogens (tertiary/aromatic N) is 2. The lowest BCUT2D eigenvalue weighted by molar-refractivity contribution is 0.256. The fourth-order valence-corrected chi connectivity index (χ4v) is 3.30. The molecule has 1 aromatic rings. The molecule has 4 heteroatoms. The van der Waals surface area contributed by atoms with E-state index in [1.165, 1.54) is 50.2 Å². The highest BCUT2D eigenvalue weighted by atomic mass is 35.5. The molecule has 102 valence electrons. The largest absolute Gasteiger partial charge is 0.300 e. The fourth-order valence-electron chi connectivity index (χ4n) is 2.24. The van der Waals surface area contributed by atoms with Gasteiger partial charge in [-0.3, -0.25) is 0 Å². The normalized spacial score (nSPS) is 15.5. The minimum atomic E-state index is 0.543. The molecule has 0 amide bonds. The Hall–Kier alpha value is -0.120. The third-order valence-corrected chi connectivity index (χ3v) is 4.67. The average Bonchev–Trinajstić information content (AvgIpc) is 3.13. The van der Waals surface area contributed by atoms with Crippen molar-refractivity contribution >= 4 is 22.9 Å². The van der Waals surface area contributed by atoms with Crippen molar-refractivity contribution in [2.75, 3.05) is 13.1 Å². The molecule has 2 rings (SSSR count). The Morgan fingerprint density at radius 2 is 2.17 bits per heavy atom. The van der Waals surface area contributed by atoms with E-state index in [9.17, 15) is 0 Å². The van der Waals surface area contributed by atoms with Crippen molar-refractivity contribution in [2.24, 2.45) is 0 Å². The molecule has 1 fully saturated rings. The maximum Gasteiger partial charge on any atom is 0.0929 e. The predicted octanol–water partition coefficient (Wildman–Crippen LogP) is 4.08. The molecule has 18 heavy (non-hydrogen) atoms. The minimum Gasteiger partial charge on any atom is -0.300 e. The van der Waals surface area contributed by atoms with Gasteiger partial charge in [0.05, 0.1) is 16.6 Å². The average molecular weight is 287 g/mol. The molecule has 0 radical (unpaired) electrons. The van der Waals surface area contributed by atoms with Gasteiger partial charge in [0, 0.05) is 17.8 Å². The molecule has 0 bridgehead atoms. The number of aryl methyl sites for hydroxylation is 1. The molecule has 0 atom stereocenters. The summed E-state index contributed by atoms with van der Waals surface area (Å²) in [6.45, 7) is 4.79. The predicted molar refractivity (Wildman–Crippen MR) is 79.5 cm³/mol. The molecule has 0 N–H and O–H groups in total. The number of hydrogen-bond acceptors (Lipinski definition) is 3. The lowest BCUT2D eigenvalue weighted by Crippen LogP contribution is -2.28. The van der Waals surface area contributed by atoms with E-state index in [1.54, 1.807) is 11.3 Å². The first-order chi connectivity index (χ1) is 8.83. The summed E-state index contributed by atoms with van der Waals surface area (Å²) in [7, 11) is 0. The van der Waals surface area contributed by atoms with Crippen LogP contribution in [0.3, 0.4) is 0 Å². The molecule has 2 nitrogen and oxygen atoms in total. The Morgan fingerprint density at radius 3 is 2.78 bits per heavy atom. The monoisotopic (exact) mass is 286 g/mol. The molecular formula is C14H23ClN2S. The van der Waals surface area contributed by atoms with Gasteiger partial charge in [-0.1, -0.05) is 13.3 Å². The molecule has 1 aliphatic rings. The van der Waals surface area contributed by atoms with E-state index in [2.05, 4.69) is 22.2 Å². The highest BCUT2D eigenvalue weighted by Gasteiger charge is 2.27. The van der Waals surface area contributed by atoms with E-state index in [4.69, 9.17) is 11.6 Å². The zero-order valence-electron chi connectivity index (χ0n) is 11.2. The van der Waals surface area contributed by atoms with Crippen LogP contribution in [0.4, 0.5) is 0 Å². The topological polar surface area (TPSA) is 16.1 Å². The van der Waals surface area contributed by atoms with Crippen LogP contribution in [0.2, 0.25) is 0 Å². The van der Waals surface area contributed by atoms with Crippen LogP contribution in [0, 0.1) is 0 Å². The number of halogens is 1. The first-order valence-electron chi connectivity index (χ1n) is 7.06. The number of thiazole rings is 1. The van der Waals surface area contributed by atoms with Crippen molar-refractivity contribution in [3.8, 4) is 0 Å². The van der Waals surface area contributed by atoms with Crippen molar-refractivity contribution in [3.63, 3.8) is 0 Å². The van der Waals surface area contributed by atoms with Gasteiger partial charge in [-0.15, -0.1) is 22.9 Å². The van der Waals surface area contributed by atoms with Crippen molar-refractivity contribution < 1.29 is 0 Å². The van der Waals surface area contributed by atoms with Gasteiger partial charge in [-0.05, 0) is 38.8 Å². The molecule has 1 aromatic heterocycles. The van der Waals surface area contributed by atoms with Crippen LogP contribution < -0.4 is 0 Å². The number of alkyl halides is 1. The molecule has 1 heterocycles. The Labute approximate surface area is 119 Å². The lowest BCUT2D eigenvalue weighted by Gasteiger charge is -2.21. The maximum atomic E-state index is 5.77. The molecule has 0 spiro atoms. The van der Waals surface area contributed by atoms with Crippen LogP contribution >= 0.6 is 22.9 Å². The van der Waals surface area contributed by atoms with Gasteiger partial charge in [0.25, 0.3) is 0 Å². The van der Waals surface area contributed by atoms with Gasteiger partial charge in [0.2, 0.25) is 0 Å². The highest BCUT2D eigenvalue weighted by Crippen LogP contribution is 2.27. The summed E-state index contributed by atoms with van der Waals surface area (Å²) in [6, 6.07) is 0.895. The SMILES string of the molecule is CCCCN(CCCc1nc(CCl)cs1)C1CC1. The van der Waals surface area contributed by atoms with Crippen LogP contribution in [-0.2, 0) is 12.3 Å². The van der Waals surface area contributed by atoms with Crippen molar-refractivity contribution in [1.29, 1.82) is 0 Å². The van der Waals surface area contributed by atoms with Crippen LogP contribution in [0.5, 0.6) is 0 Å². The first kappa shape index (κ1) is 14.3. The number of aromatic nitrogens is 1. The van der Waals surface area contributed by atoms with E-state index in [0.29, 0.717) is 5.88 Å². The third-order valence-electron chi connectivity index (χ3n) is 3.43. The molecule has 0 aromatic carbocycles. The molecular weight excluding hydrogens is 264 g/mol. The van der Waals surface area contributed by atoms with Crippen molar-refractivity contribution in [1.82, 2.24) is 9.88 Å². The zero-order valence-corrected chi connectivity index (χ0v) is 12.8. The summed E-state index contributed by atoms with van der Waals surface area (Å²) in [5.74, 6) is 0.543. The smallest absolute Gasteiger partial charge is 0.0929 e. The second kappa shape index (κ2) is 7.46. The van der Waals surface area contributed by atoms with E-state index in [1.807, 2.05) is 0 Å². The van der Waals surface area contributed by atoms with Crippen molar-refractivity contribution in [2.45, 2.75) is 57.4 Å². The number of rotatable bonds is 9. The van der Waals surface area contributed by atoms with E-state index < -0.39 is 0 Å². The number of hydrogen-bond donors (Lipinski definition) is 0. The van der Waals surface area contributed by atoms with Crippen LogP contribution in [0.15, 0.2) is 5.38 Å². The van der Waals surface area contributed by atoms with E-state index in [-0.39, 0.29) is 0 Å². The molecule has 1 aliphatic carbocycles. The summed E-state index contributed by atoms with van der Waals surface area (Å²) >= 11 is 7.52. The summed E-state index contributed by atoms with van der Waals surface area (Å²) in [6.07, 6.45) is 7.81. The highest BCUT2D eigenvalue weighted by molar-refractivity contribution is 7.09. The molecule has 0 aliphatic heterocycles. The second-order valence-electron chi connectivity index (χ2n) is 5.09. The quantitative estimate of drug-likeness (QED) is 0.636. The third kappa shape index (κ3) is 4.52. The Balaban J connectivity index is 1.69. The summed E-state index contributed by atoms with van der Waals surface area (Å²) in [5.41, 5.74) is 1.03. The summed E-state index contributed by atoms with van der Waals surface area (Å²) < 4.78 is 0. The Kier molecular flexibility index (Phi) is 5.93. The van der Waals surface area contributed by atoms with Gasteiger partial charge in [-0.25, -0.2) is 4.98 Å². The van der Waals surface area contributed by atoms with E-state index in [0.717, 1.165) is 18.2 Å². The van der Waals surface area contributed by atoms with Gasteiger partial charge in [0.1, 0.15) is 0 Å². The number of unbranched alkanes of at least 4 members (excludes halogenated alkanes) is 1. The van der Waals surface area contributed by atoms with Crippen LogP contribution in [-0.4, -0.2) is 29.0 Å². The lowest BCUT2D eigenvalue weighted by atomic mass is 10.2. The van der Waals surface area contributed by atoms with Crippen LogP contribution in [0.1, 0.15) is 49.7 Å². The van der Waals surface area contributed by atoms with Gasteiger partial charge in [-0.2, -0.15) is 0 Å². The van der Waals surface area contributed by atoms with Gasteiger partial charge < -0.3 is 4.90 Å². The minimum absolute atomic E-state index is 0.543. The fraction of sp³-hybridized carbons (Fsp3) is 0.786. The molecule has 0 saturated heterocycles. The van der Waals surface area contributed by atoms with Gasteiger partial charge >= 0.3 is 0 Å². The van der Waals surface area contributed by atoms with Crippen molar-refractivity contribution in [3.05, 3.63) is 16.1 Å². The van der Waals surface area contributed by atoms with Crippen LogP contribution in [0.25, 0.3) is 0 Å². The second-order valence-corrected chi connectivity index (χ2v) is 6.30. The zero-order chi connectivity index (χ0) is 12.8. The first-order valence-corrected chi connectivity index (χ1v) is 8.48. The summed E-state index contributed by atoms with van der Waals surface area (Å²) in [4.78, 5) is 7.20. The Bertz CT molecular complexity index is 349. The van der Waals surface area contributed by atoms with Gasteiger partial charge in [0.15, 0.2) is 0 Å². The molecule has 0 unspecified atom stereocenters. The standard InChI is InChI=1S/C14H23ClN2S/c1-2-3-8-17(13-6-7-13)9-4-5-14-16-12(10-15)11-18-14/h11,13H,2-10H2,1H3. The van der Waals surface area contributed by atoms with E-state index >= 15 is 0 Å². The molecule has 1 saturated carbocycles. The summed E-state index contributed by atoms with van der Waals surface area (Å²) in [5, 5.41) is 3.33.